The Bertz CT molecular complexity index is 717. The number of hydrogen-bond donors (Lipinski definition) is 1. The summed E-state index contributed by atoms with van der Waals surface area (Å²) in [4.78, 5) is 12.4. The molecule has 0 saturated heterocycles. The second kappa shape index (κ2) is 7.15. The molecule has 2 aromatic rings. The van der Waals surface area contributed by atoms with Gasteiger partial charge in [-0.05, 0) is 58.7 Å². The number of benzene rings is 2. The molecule has 0 aliphatic rings. The van der Waals surface area contributed by atoms with Crippen LogP contribution in [0.4, 0.5) is 5.69 Å². The van der Waals surface area contributed by atoms with Gasteiger partial charge in [0.25, 0.3) is 5.91 Å². The van der Waals surface area contributed by atoms with Crippen molar-refractivity contribution in [1.29, 1.82) is 0 Å². The van der Waals surface area contributed by atoms with E-state index < -0.39 is 0 Å². The lowest BCUT2D eigenvalue weighted by Gasteiger charge is -2.12. The number of hydrogen-bond acceptors (Lipinski definition) is 3. The predicted molar refractivity (Wildman–Crippen MR) is 94.1 cm³/mol. The highest BCUT2D eigenvalue weighted by Gasteiger charge is 2.15. The number of anilines is 1. The lowest BCUT2D eigenvalue weighted by atomic mass is 10.1. The summed E-state index contributed by atoms with van der Waals surface area (Å²) in [7, 11) is 3.08. The summed E-state index contributed by atoms with van der Waals surface area (Å²) >= 11 is 6.82. The summed E-state index contributed by atoms with van der Waals surface area (Å²) < 4.78 is 12.2. The van der Waals surface area contributed by atoms with Crippen molar-refractivity contribution in [3.8, 4) is 11.5 Å². The van der Waals surface area contributed by atoms with Crippen molar-refractivity contribution in [1.82, 2.24) is 0 Å². The normalized spacial score (nSPS) is 10.2. The lowest BCUT2D eigenvalue weighted by Crippen LogP contribution is -2.12. The van der Waals surface area contributed by atoms with E-state index in [9.17, 15) is 4.79 Å². The highest BCUT2D eigenvalue weighted by molar-refractivity contribution is 9.10. The fraction of sp³-hybridized carbons (Fsp3) is 0.188. The predicted octanol–water partition coefficient (Wildman–Crippen LogP) is 4.79. The van der Waals surface area contributed by atoms with Gasteiger partial charge in [0.05, 0.1) is 18.7 Å². The molecule has 0 unspecified atom stereocenters. The van der Waals surface area contributed by atoms with Crippen molar-refractivity contribution in [3.63, 3.8) is 0 Å². The molecule has 0 bridgehead atoms. The minimum Gasteiger partial charge on any atom is -0.493 e. The monoisotopic (exact) mass is 427 g/mol. The molecule has 2 aromatic carbocycles. The van der Waals surface area contributed by atoms with E-state index in [0.29, 0.717) is 21.5 Å². The first-order valence-electron chi connectivity index (χ1n) is 6.45. The summed E-state index contributed by atoms with van der Waals surface area (Å²) in [5.41, 5.74) is 2.26. The van der Waals surface area contributed by atoms with Gasteiger partial charge in [0.15, 0.2) is 11.5 Å². The van der Waals surface area contributed by atoms with Crippen LogP contribution in [0.1, 0.15) is 15.9 Å². The Morgan fingerprint density at radius 3 is 2.36 bits per heavy atom. The molecule has 0 heterocycles. The fourth-order valence-corrected chi connectivity index (χ4v) is 2.83. The number of halogens is 2. The van der Waals surface area contributed by atoms with Gasteiger partial charge in [-0.15, -0.1) is 0 Å². The van der Waals surface area contributed by atoms with Gasteiger partial charge in [-0.2, -0.15) is 0 Å². The van der Waals surface area contributed by atoms with Crippen LogP contribution in [0.2, 0.25) is 0 Å². The lowest BCUT2D eigenvalue weighted by molar-refractivity contribution is 0.102. The number of ether oxygens (including phenoxy) is 2. The van der Waals surface area contributed by atoms with Gasteiger partial charge < -0.3 is 14.8 Å². The second-order valence-corrected chi connectivity index (χ2v) is 6.32. The van der Waals surface area contributed by atoms with Crippen LogP contribution in [-0.4, -0.2) is 20.1 Å². The quantitative estimate of drug-likeness (QED) is 0.761. The average Bonchev–Trinajstić information content (AvgIpc) is 2.50. The molecular weight excluding hydrogens is 414 g/mol. The highest BCUT2D eigenvalue weighted by atomic mass is 79.9. The smallest absolute Gasteiger partial charge is 0.255 e. The van der Waals surface area contributed by atoms with Crippen LogP contribution >= 0.6 is 31.9 Å². The first-order chi connectivity index (χ1) is 10.5. The molecule has 0 atom stereocenters. The van der Waals surface area contributed by atoms with E-state index in [1.807, 2.05) is 25.1 Å². The average molecular weight is 429 g/mol. The summed E-state index contributed by atoms with van der Waals surface area (Å²) in [5.74, 6) is 0.830. The standard InChI is InChI=1S/C16H15Br2NO3/c1-9-6-11(4-5-12(9)17)19-16(20)10-7-13(18)15(22-3)14(8-10)21-2/h4-8H,1-3H3,(H,19,20). The van der Waals surface area contributed by atoms with Crippen LogP contribution in [0.3, 0.4) is 0 Å². The van der Waals surface area contributed by atoms with Crippen LogP contribution in [0.5, 0.6) is 11.5 Å². The number of carbonyl (C=O) groups is 1. The molecule has 0 saturated carbocycles. The van der Waals surface area contributed by atoms with Crippen molar-refractivity contribution in [2.24, 2.45) is 0 Å². The first kappa shape index (κ1) is 16.8. The van der Waals surface area contributed by atoms with Gasteiger partial charge in [-0.3, -0.25) is 4.79 Å². The minimum absolute atomic E-state index is 0.219. The molecular formula is C16H15Br2NO3. The molecule has 0 spiro atoms. The molecule has 1 N–H and O–H groups in total. The van der Waals surface area contributed by atoms with Gasteiger partial charge in [-0.1, -0.05) is 15.9 Å². The minimum atomic E-state index is -0.219. The highest BCUT2D eigenvalue weighted by Crippen LogP contribution is 2.36. The maximum atomic E-state index is 12.4. The van der Waals surface area contributed by atoms with Crippen molar-refractivity contribution >= 4 is 43.5 Å². The van der Waals surface area contributed by atoms with Crippen LogP contribution in [0.25, 0.3) is 0 Å². The topological polar surface area (TPSA) is 47.6 Å². The van der Waals surface area contributed by atoms with E-state index in [4.69, 9.17) is 9.47 Å². The van der Waals surface area contributed by atoms with E-state index in [2.05, 4.69) is 37.2 Å². The zero-order chi connectivity index (χ0) is 16.3. The van der Waals surface area contributed by atoms with Gasteiger partial charge in [0.2, 0.25) is 0 Å². The van der Waals surface area contributed by atoms with E-state index >= 15 is 0 Å². The van der Waals surface area contributed by atoms with Crippen molar-refractivity contribution in [3.05, 3.63) is 50.4 Å². The first-order valence-corrected chi connectivity index (χ1v) is 8.04. The zero-order valence-electron chi connectivity index (χ0n) is 12.4. The molecule has 0 aliphatic heterocycles. The molecule has 116 valence electrons. The van der Waals surface area contributed by atoms with E-state index in [-0.39, 0.29) is 5.91 Å². The van der Waals surface area contributed by atoms with Crippen LogP contribution < -0.4 is 14.8 Å². The SMILES string of the molecule is COc1cc(C(=O)Nc2ccc(Br)c(C)c2)cc(Br)c1OC. The Labute approximate surface area is 146 Å². The second-order valence-electron chi connectivity index (χ2n) is 4.61. The van der Waals surface area contributed by atoms with Gasteiger partial charge in [0.1, 0.15) is 0 Å². The number of aryl methyl sites for hydroxylation is 1. The van der Waals surface area contributed by atoms with Gasteiger partial charge in [0, 0.05) is 15.7 Å². The van der Waals surface area contributed by atoms with Crippen LogP contribution in [0.15, 0.2) is 39.3 Å². The number of methoxy groups -OCH3 is 2. The summed E-state index contributed by atoms with van der Waals surface area (Å²) in [6.07, 6.45) is 0. The Morgan fingerprint density at radius 2 is 1.77 bits per heavy atom. The van der Waals surface area contributed by atoms with E-state index in [1.165, 1.54) is 7.11 Å². The summed E-state index contributed by atoms with van der Waals surface area (Å²) in [6.45, 7) is 1.97. The Balaban J connectivity index is 2.29. The maximum absolute atomic E-state index is 12.4. The van der Waals surface area contributed by atoms with Crippen molar-refractivity contribution in [2.75, 3.05) is 19.5 Å². The molecule has 22 heavy (non-hydrogen) atoms. The largest absolute Gasteiger partial charge is 0.493 e. The summed E-state index contributed by atoms with van der Waals surface area (Å²) in [5, 5.41) is 2.87. The molecule has 6 heteroatoms. The van der Waals surface area contributed by atoms with E-state index in [1.54, 1.807) is 19.2 Å². The van der Waals surface area contributed by atoms with Crippen LogP contribution in [0, 0.1) is 6.92 Å². The van der Waals surface area contributed by atoms with Gasteiger partial charge >= 0.3 is 0 Å². The molecule has 0 radical (unpaired) electrons. The maximum Gasteiger partial charge on any atom is 0.255 e. The van der Waals surface area contributed by atoms with Crippen molar-refractivity contribution < 1.29 is 14.3 Å². The number of carbonyl (C=O) groups excluding carboxylic acids is 1. The van der Waals surface area contributed by atoms with Crippen molar-refractivity contribution in [2.45, 2.75) is 6.92 Å². The molecule has 0 aromatic heterocycles. The number of amides is 1. The number of nitrogens with one attached hydrogen (secondary N) is 1. The van der Waals surface area contributed by atoms with Gasteiger partial charge in [-0.25, -0.2) is 0 Å². The van der Waals surface area contributed by atoms with E-state index in [0.717, 1.165) is 15.7 Å². The molecule has 1 amide bonds. The molecule has 4 nitrogen and oxygen atoms in total. The molecule has 0 aliphatic carbocycles. The Kier molecular flexibility index (Phi) is 5.47. The molecule has 0 fully saturated rings. The third-order valence-electron chi connectivity index (χ3n) is 3.11. The Hall–Kier alpha value is -1.53. The Morgan fingerprint density at radius 1 is 1.05 bits per heavy atom. The third-order valence-corrected chi connectivity index (χ3v) is 4.59. The zero-order valence-corrected chi connectivity index (χ0v) is 15.5. The third kappa shape index (κ3) is 3.62. The van der Waals surface area contributed by atoms with Crippen LogP contribution in [-0.2, 0) is 0 Å². The fourth-order valence-electron chi connectivity index (χ4n) is 1.97. The molecule has 2 rings (SSSR count). The number of rotatable bonds is 4. The summed E-state index contributed by atoms with van der Waals surface area (Å²) in [6, 6.07) is 8.98.